The van der Waals surface area contributed by atoms with E-state index in [-0.39, 0.29) is 15.8 Å². The van der Waals surface area contributed by atoms with Gasteiger partial charge in [0.2, 0.25) is 0 Å². The van der Waals surface area contributed by atoms with Gasteiger partial charge in [-0.1, -0.05) is 11.6 Å². The van der Waals surface area contributed by atoms with Gasteiger partial charge < -0.3 is 4.42 Å². The Kier molecular flexibility index (Phi) is 2.90. The van der Waals surface area contributed by atoms with Crippen molar-refractivity contribution in [1.82, 2.24) is 0 Å². The van der Waals surface area contributed by atoms with E-state index in [0.717, 1.165) is 11.6 Å². The van der Waals surface area contributed by atoms with Crippen LogP contribution < -0.4 is 0 Å². The van der Waals surface area contributed by atoms with Gasteiger partial charge in [0.25, 0.3) is 0 Å². The highest BCUT2D eigenvalue weighted by atomic mass is 35.5. The molecule has 0 aliphatic heterocycles. The summed E-state index contributed by atoms with van der Waals surface area (Å²) in [5.41, 5.74) is 0.473. The molecule has 0 aliphatic carbocycles. The van der Waals surface area contributed by atoms with Gasteiger partial charge in [0.1, 0.15) is 11.3 Å². The molecular weight excluding hydrogens is 271 g/mol. The summed E-state index contributed by atoms with van der Waals surface area (Å²) < 4.78 is 28.2. The first-order valence-electron chi connectivity index (χ1n) is 4.40. The zero-order chi connectivity index (χ0) is 11.9. The Morgan fingerprint density at radius 1 is 1.31 bits per heavy atom. The van der Waals surface area contributed by atoms with Gasteiger partial charge in [-0.25, -0.2) is 8.42 Å². The maximum absolute atomic E-state index is 11.4. The average molecular weight is 279 g/mol. The third-order valence-corrected chi connectivity index (χ3v) is 3.98. The van der Waals surface area contributed by atoms with Crippen molar-refractivity contribution < 1.29 is 12.8 Å². The average Bonchev–Trinajstić information content (AvgIpc) is 2.56. The lowest BCUT2D eigenvalue weighted by Crippen LogP contribution is -1.97. The Morgan fingerprint density at radius 2 is 2.00 bits per heavy atom. The summed E-state index contributed by atoms with van der Waals surface area (Å²) in [7, 11) is -3.35. The third kappa shape index (κ3) is 2.05. The summed E-state index contributed by atoms with van der Waals surface area (Å²) in [6.45, 7) is 0. The second-order valence-electron chi connectivity index (χ2n) is 3.44. The Balaban J connectivity index is 2.75. The topological polar surface area (TPSA) is 47.3 Å². The van der Waals surface area contributed by atoms with Crippen LogP contribution in [0.5, 0.6) is 0 Å². The predicted molar refractivity (Wildman–Crippen MR) is 63.9 cm³/mol. The van der Waals surface area contributed by atoms with Crippen molar-refractivity contribution in [2.75, 3.05) is 6.26 Å². The fourth-order valence-electron chi connectivity index (χ4n) is 1.45. The predicted octanol–water partition coefficient (Wildman–Crippen LogP) is 3.23. The van der Waals surface area contributed by atoms with Crippen molar-refractivity contribution >= 4 is 44.0 Å². The first-order chi connectivity index (χ1) is 7.41. The summed E-state index contributed by atoms with van der Waals surface area (Å²) in [5, 5.41) is 0.935. The molecule has 2 rings (SSSR count). The van der Waals surface area contributed by atoms with Gasteiger partial charge in [0, 0.05) is 17.7 Å². The molecule has 0 amide bonds. The van der Waals surface area contributed by atoms with Crippen molar-refractivity contribution in [3.8, 4) is 0 Å². The summed E-state index contributed by atoms with van der Waals surface area (Å²) in [6.07, 6.45) is 1.10. The van der Waals surface area contributed by atoms with Crippen molar-refractivity contribution in [3.05, 3.63) is 29.0 Å². The van der Waals surface area contributed by atoms with Crippen LogP contribution >= 0.6 is 23.2 Å². The maximum atomic E-state index is 11.4. The van der Waals surface area contributed by atoms with Gasteiger partial charge in [-0.15, -0.1) is 11.6 Å². The van der Waals surface area contributed by atoms with Crippen LogP contribution in [-0.4, -0.2) is 14.7 Å². The van der Waals surface area contributed by atoms with Crippen LogP contribution in [0.3, 0.4) is 0 Å². The molecular formula is C10H8Cl2O3S. The fourth-order valence-corrected chi connectivity index (χ4v) is 2.90. The number of benzene rings is 1. The fraction of sp³-hybridized carbons (Fsp3) is 0.200. The summed E-state index contributed by atoms with van der Waals surface area (Å²) in [5.74, 6) is 0.818. The number of halogens is 2. The molecule has 6 heteroatoms. The second-order valence-corrected chi connectivity index (χ2v) is 6.10. The minimum absolute atomic E-state index is 0.0668. The van der Waals surface area contributed by atoms with Gasteiger partial charge in [-0.2, -0.15) is 0 Å². The number of furan rings is 1. The summed E-state index contributed by atoms with van der Waals surface area (Å²) >= 11 is 11.5. The van der Waals surface area contributed by atoms with Crippen LogP contribution in [0.15, 0.2) is 27.5 Å². The van der Waals surface area contributed by atoms with E-state index in [1.54, 1.807) is 12.1 Å². The Labute approximate surface area is 103 Å². The SMILES string of the molecule is CS(=O)(=O)c1cc2oc(CCl)cc2cc1Cl. The molecule has 2 aromatic rings. The minimum Gasteiger partial charge on any atom is -0.460 e. The largest absolute Gasteiger partial charge is 0.460 e. The Morgan fingerprint density at radius 3 is 2.56 bits per heavy atom. The van der Waals surface area contributed by atoms with E-state index in [0.29, 0.717) is 11.3 Å². The lowest BCUT2D eigenvalue weighted by Gasteiger charge is -2.00. The van der Waals surface area contributed by atoms with Gasteiger partial charge >= 0.3 is 0 Å². The molecule has 3 nitrogen and oxygen atoms in total. The molecule has 86 valence electrons. The molecule has 0 aliphatic rings. The molecule has 0 saturated carbocycles. The number of rotatable bonds is 2. The van der Waals surface area contributed by atoms with Crippen LogP contribution in [0.2, 0.25) is 5.02 Å². The zero-order valence-corrected chi connectivity index (χ0v) is 10.7. The molecule has 1 aromatic carbocycles. The molecule has 1 aromatic heterocycles. The minimum atomic E-state index is -3.35. The molecule has 1 heterocycles. The van der Waals surface area contributed by atoms with E-state index >= 15 is 0 Å². The standard InChI is InChI=1S/C10H8Cl2O3S/c1-16(13,14)10-4-9-6(3-8(10)12)2-7(5-11)15-9/h2-4H,5H2,1H3. The summed E-state index contributed by atoms with van der Waals surface area (Å²) in [6, 6.07) is 4.72. The van der Waals surface area contributed by atoms with E-state index in [1.807, 2.05) is 0 Å². The molecule has 0 atom stereocenters. The zero-order valence-electron chi connectivity index (χ0n) is 8.33. The Hall–Kier alpha value is -0.710. The molecule has 0 fully saturated rings. The Bertz CT molecular complexity index is 643. The van der Waals surface area contributed by atoms with E-state index < -0.39 is 9.84 Å². The molecule has 0 radical (unpaired) electrons. The highest BCUT2D eigenvalue weighted by Gasteiger charge is 2.15. The number of hydrogen-bond acceptors (Lipinski definition) is 3. The normalized spacial score (nSPS) is 12.2. The van der Waals surface area contributed by atoms with E-state index in [2.05, 4.69) is 0 Å². The highest BCUT2D eigenvalue weighted by molar-refractivity contribution is 7.90. The molecule has 0 unspecified atom stereocenters. The molecule has 0 bridgehead atoms. The van der Waals surface area contributed by atoms with Crippen LogP contribution in [0.25, 0.3) is 11.0 Å². The number of sulfone groups is 1. The van der Waals surface area contributed by atoms with E-state index in [4.69, 9.17) is 27.6 Å². The lowest BCUT2D eigenvalue weighted by molar-refractivity contribution is 0.571. The molecule has 16 heavy (non-hydrogen) atoms. The first-order valence-corrected chi connectivity index (χ1v) is 7.20. The smallest absolute Gasteiger partial charge is 0.177 e. The third-order valence-electron chi connectivity index (χ3n) is 2.15. The van der Waals surface area contributed by atoms with Gasteiger partial charge in [0.05, 0.1) is 15.8 Å². The van der Waals surface area contributed by atoms with Gasteiger partial charge in [-0.05, 0) is 12.1 Å². The van der Waals surface area contributed by atoms with E-state index in [1.165, 1.54) is 6.07 Å². The van der Waals surface area contributed by atoms with Crippen LogP contribution in [0.1, 0.15) is 5.76 Å². The second kappa shape index (κ2) is 3.95. The van der Waals surface area contributed by atoms with Gasteiger partial charge in [-0.3, -0.25) is 0 Å². The quantitative estimate of drug-likeness (QED) is 0.793. The number of alkyl halides is 1. The van der Waals surface area contributed by atoms with E-state index in [9.17, 15) is 8.42 Å². The van der Waals surface area contributed by atoms with Crippen molar-refractivity contribution in [1.29, 1.82) is 0 Å². The van der Waals surface area contributed by atoms with Crippen LogP contribution in [-0.2, 0) is 15.7 Å². The lowest BCUT2D eigenvalue weighted by atomic mass is 10.2. The van der Waals surface area contributed by atoms with Crippen molar-refractivity contribution in [2.24, 2.45) is 0 Å². The molecule has 0 saturated heterocycles. The molecule has 0 spiro atoms. The molecule has 0 N–H and O–H groups in total. The van der Waals surface area contributed by atoms with Crippen molar-refractivity contribution in [3.63, 3.8) is 0 Å². The number of fused-ring (bicyclic) bond motifs is 1. The van der Waals surface area contributed by atoms with Crippen molar-refractivity contribution in [2.45, 2.75) is 10.8 Å². The highest BCUT2D eigenvalue weighted by Crippen LogP contribution is 2.29. The van der Waals surface area contributed by atoms with Crippen LogP contribution in [0, 0.1) is 0 Å². The monoisotopic (exact) mass is 278 g/mol. The number of hydrogen-bond donors (Lipinski definition) is 0. The first kappa shape index (κ1) is 11.8. The van der Waals surface area contributed by atoms with Gasteiger partial charge in [0.15, 0.2) is 9.84 Å². The van der Waals surface area contributed by atoms with Crippen LogP contribution in [0.4, 0.5) is 0 Å². The summed E-state index contributed by atoms with van der Waals surface area (Å²) in [4.78, 5) is 0.0668. The maximum Gasteiger partial charge on any atom is 0.177 e.